The second-order valence-electron chi connectivity index (χ2n) is 6.22. The van der Waals surface area contributed by atoms with E-state index in [0.29, 0.717) is 24.0 Å². The number of hydrogen-bond acceptors (Lipinski definition) is 6. The smallest absolute Gasteiger partial charge is 0.319 e. The molecule has 27 heavy (non-hydrogen) atoms. The average Bonchev–Trinajstić information content (AvgIpc) is 3.24. The summed E-state index contributed by atoms with van der Waals surface area (Å²) in [5.74, 6) is -0.866. The molecule has 1 aromatic carbocycles. The number of rotatable bonds is 4. The number of nitro groups is 1. The van der Waals surface area contributed by atoms with E-state index in [2.05, 4.69) is 25.3 Å². The van der Waals surface area contributed by atoms with E-state index in [0.717, 1.165) is 6.07 Å². The van der Waals surface area contributed by atoms with Crippen LogP contribution in [0.4, 0.5) is 20.4 Å². The molecule has 0 spiro atoms. The van der Waals surface area contributed by atoms with E-state index in [4.69, 9.17) is 0 Å². The Hall–Kier alpha value is -3.43. The molecule has 138 valence electrons. The summed E-state index contributed by atoms with van der Waals surface area (Å²) >= 11 is 0. The third-order valence-corrected chi connectivity index (χ3v) is 4.52. The third kappa shape index (κ3) is 2.98. The van der Waals surface area contributed by atoms with Crippen molar-refractivity contribution in [1.82, 2.24) is 19.9 Å². The number of halogens is 2. The summed E-state index contributed by atoms with van der Waals surface area (Å²) in [6.07, 6.45) is 3.98. The molecular formula is C17H14F2N6O2. The minimum atomic E-state index is -0.656. The van der Waals surface area contributed by atoms with Gasteiger partial charge in [0, 0.05) is 18.5 Å². The standard InChI is InChI=1S/C17H14F2N6O2/c1-8-15(25(26)27)14(16-20-4-5-21-16)24-17(22-8)23-13-3-2-10-11(13)6-9(18)7-12(10)19/h4-7,13H,2-3H2,1H3,(H,20,21)(H,22,23,24). The molecule has 0 saturated heterocycles. The van der Waals surface area contributed by atoms with Crippen LogP contribution in [0.2, 0.25) is 0 Å². The van der Waals surface area contributed by atoms with Crippen LogP contribution in [-0.4, -0.2) is 24.9 Å². The Kier molecular flexibility index (Phi) is 4.02. The fourth-order valence-electron chi connectivity index (χ4n) is 3.36. The van der Waals surface area contributed by atoms with E-state index in [1.165, 1.54) is 25.4 Å². The molecule has 2 heterocycles. The van der Waals surface area contributed by atoms with Crippen LogP contribution in [0.3, 0.4) is 0 Å². The second-order valence-corrected chi connectivity index (χ2v) is 6.22. The van der Waals surface area contributed by atoms with Gasteiger partial charge in [-0.1, -0.05) is 0 Å². The highest BCUT2D eigenvalue weighted by atomic mass is 19.1. The molecule has 1 atom stereocenters. The fourth-order valence-corrected chi connectivity index (χ4v) is 3.36. The number of aryl methyl sites for hydroxylation is 1. The van der Waals surface area contributed by atoms with Crippen molar-refractivity contribution in [2.24, 2.45) is 0 Å². The molecule has 2 N–H and O–H groups in total. The highest BCUT2D eigenvalue weighted by molar-refractivity contribution is 5.66. The number of hydrogen-bond donors (Lipinski definition) is 2. The Morgan fingerprint density at radius 1 is 1.33 bits per heavy atom. The Labute approximate surface area is 151 Å². The molecule has 1 aliphatic carbocycles. The molecule has 2 aromatic heterocycles. The van der Waals surface area contributed by atoms with E-state index in [-0.39, 0.29) is 28.8 Å². The maximum Gasteiger partial charge on any atom is 0.319 e. The molecule has 10 heteroatoms. The number of aromatic amines is 1. The molecule has 0 saturated carbocycles. The molecule has 0 amide bonds. The Morgan fingerprint density at radius 2 is 2.15 bits per heavy atom. The number of anilines is 1. The van der Waals surface area contributed by atoms with Gasteiger partial charge in [-0.2, -0.15) is 0 Å². The molecule has 0 fully saturated rings. The number of imidazole rings is 1. The maximum absolute atomic E-state index is 13.9. The van der Waals surface area contributed by atoms with Crippen molar-refractivity contribution in [3.8, 4) is 11.5 Å². The largest absolute Gasteiger partial charge is 0.347 e. The summed E-state index contributed by atoms with van der Waals surface area (Å²) < 4.78 is 27.5. The van der Waals surface area contributed by atoms with Crippen molar-refractivity contribution in [1.29, 1.82) is 0 Å². The first-order valence-electron chi connectivity index (χ1n) is 8.21. The lowest BCUT2D eigenvalue weighted by molar-refractivity contribution is -0.385. The van der Waals surface area contributed by atoms with Crippen molar-refractivity contribution in [3.63, 3.8) is 0 Å². The van der Waals surface area contributed by atoms with Crippen LogP contribution >= 0.6 is 0 Å². The van der Waals surface area contributed by atoms with Crippen molar-refractivity contribution < 1.29 is 13.7 Å². The van der Waals surface area contributed by atoms with E-state index >= 15 is 0 Å². The summed E-state index contributed by atoms with van der Waals surface area (Å²) in [6, 6.07) is 1.76. The molecular weight excluding hydrogens is 358 g/mol. The summed E-state index contributed by atoms with van der Waals surface area (Å²) in [5, 5.41) is 14.5. The first-order chi connectivity index (χ1) is 12.9. The molecule has 0 radical (unpaired) electrons. The first-order valence-corrected chi connectivity index (χ1v) is 8.21. The molecule has 4 rings (SSSR count). The normalized spacial score (nSPS) is 15.6. The van der Waals surface area contributed by atoms with Crippen LogP contribution < -0.4 is 5.32 Å². The van der Waals surface area contributed by atoms with Gasteiger partial charge in [0.15, 0.2) is 11.5 Å². The number of benzene rings is 1. The molecule has 1 unspecified atom stereocenters. The summed E-state index contributed by atoms with van der Waals surface area (Å²) in [7, 11) is 0. The molecule has 0 bridgehead atoms. The average molecular weight is 372 g/mol. The maximum atomic E-state index is 13.9. The minimum absolute atomic E-state index is 0.0450. The predicted octanol–water partition coefficient (Wildman–Crippen LogP) is 3.46. The van der Waals surface area contributed by atoms with Gasteiger partial charge in [-0.3, -0.25) is 10.1 Å². The number of H-pyrrole nitrogens is 1. The lowest BCUT2D eigenvalue weighted by Gasteiger charge is -2.15. The number of nitrogens with zero attached hydrogens (tertiary/aromatic N) is 4. The van der Waals surface area contributed by atoms with E-state index in [1.54, 1.807) is 0 Å². The quantitative estimate of drug-likeness (QED) is 0.536. The third-order valence-electron chi connectivity index (χ3n) is 4.52. The first kappa shape index (κ1) is 17.0. The van der Waals surface area contributed by atoms with Crippen LogP contribution in [-0.2, 0) is 6.42 Å². The Morgan fingerprint density at radius 3 is 2.85 bits per heavy atom. The lowest BCUT2D eigenvalue weighted by Crippen LogP contribution is -2.13. The summed E-state index contributed by atoms with van der Waals surface area (Å²) in [4.78, 5) is 26.1. The number of nitrogens with one attached hydrogen (secondary N) is 2. The van der Waals surface area contributed by atoms with Crippen molar-refractivity contribution in [3.05, 3.63) is 63.1 Å². The van der Waals surface area contributed by atoms with Gasteiger partial charge in [-0.05, 0) is 37.0 Å². The highest BCUT2D eigenvalue weighted by Crippen LogP contribution is 2.36. The van der Waals surface area contributed by atoms with Crippen LogP contribution in [0.15, 0.2) is 24.5 Å². The van der Waals surface area contributed by atoms with E-state index < -0.39 is 22.6 Å². The Bertz CT molecular complexity index is 1040. The monoisotopic (exact) mass is 372 g/mol. The number of fused-ring (bicyclic) bond motifs is 1. The predicted molar refractivity (Wildman–Crippen MR) is 92.0 cm³/mol. The Balaban J connectivity index is 1.74. The van der Waals surface area contributed by atoms with Crippen LogP contribution in [0.5, 0.6) is 0 Å². The summed E-state index contributed by atoms with van der Waals surface area (Å²) in [6.45, 7) is 1.50. The fraction of sp³-hybridized carbons (Fsp3) is 0.235. The van der Waals surface area contributed by atoms with Gasteiger partial charge in [0.05, 0.1) is 11.0 Å². The lowest BCUT2D eigenvalue weighted by atomic mass is 10.1. The van der Waals surface area contributed by atoms with E-state index in [9.17, 15) is 18.9 Å². The van der Waals surface area contributed by atoms with Crippen LogP contribution in [0.1, 0.15) is 29.3 Å². The molecule has 0 aliphatic heterocycles. The van der Waals surface area contributed by atoms with Gasteiger partial charge in [-0.25, -0.2) is 23.7 Å². The zero-order valence-electron chi connectivity index (χ0n) is 14.2. The highest BCUT2D eigenvalue weighted by Gasteiger charge is 2.29. The molecule has 8 nitrogen and oxygen atoms in total. The van der Waals surface area contributed by atoms with Crippen LogP contribution in [0, 0.1) is 28.7 Å². The zero-order chi connectivity index (χ0) is 19.1. The van der Waals surface area contributed by atoms with Gasteiger partial charge in [0.1, 0.15) is 17.3 Å². The van der Waals surface area contributed by atoms with Gasteiger partial charge in [0.2, 0.25) is 5.95 Å². The molecule has 3 aromatic rings. The van der Waals surface area contributed by atoms with Gasteiger partial charge < -0.3 is 10.3 Å². The van der Waals surface area contributed by atoms with Crippen molar-refractivity contribution in [2.75, 3.05) is 5.32 Å². The number of aromatic nitrogens is 4. The topological polar surface area (TPSA) is 110 Å². The SMILES string of the molecule is Cc1nc(NC2CCc3c(F)cc(F)cc32)nc(-c2ncc[nH]2)c1[N+](=O)[O-]. The molecule has 1 aliphatic rings. The van der Waals surface area contributed by atoms with Gasteiger partial charge in [-0.15, -0.1) is 0 Å². The second kappa shape index (κ2) is 6.38. The van der Waals surface area contributed by atoms with Crippen molar-refractivity contribution >= 4 is 11.6 Å². The summed E-state index contributed by atoms with van der Waals surface area (Å²) in [5.41, 5.74) is 0.918. The zero-order valence-corrected chi connectivity index (χ0v) is 14.2. The van der Waals surface area contributed by atoms with E-state index in [1.807, 2.05) is 0 Å². The van der Waals surface area contributed by atoms with Gasteiger partial charge >= 0.3 is 5.69 Å². The van der Waals surface area contributed by atoms with Crippen LogP contribution in [0.25, 0.3) is 11.5 Å². The van der Waals surface area contributed by atoms with Crippen molar-refractivity contribution in [2.45, 2.75) is 25.8 Å². The minimum Gasteiger partial charge on any atom is -0.347 e. The van der Waals surface area contributed by atoms with Gasteiger partial charge in [0.25, 0.3) is 0 Å².